The fraction of sp³-hybridized carbons (Fsp3) is 0.259. The Hall–Kier alpha value is -3.48. The smallest absolute Gasteiger partial charge is 0.256 e. The first-order valence-electron chi connectivity index (χ1n) is 11.5. The van der Waals surface area contributed by atoms with Crippen LogP contribution in [0.2, 0.25) is 0 Å². The van der Waals surface area contributed by atoms with E-state index in [1.807, 2.05) is 30.3 Å². The van der Waals surface area contributed by atoms with Crippen LogP contribution < -0.4 is 10.9 Å². The lowest BCUT2D eigenvalue weighted by atomic mass is 10.1. The molecule has 6 rings (SSSR count). The van der Waals surface area contributed by atoms with E-state index in [0.29, 0.717) is 6.54 Å². The first kappa shape index (κ1) is 20.1. The van der Waals surface area contributed by atoms with Crippen LogP contribution in [0.15, 0.2) is 65.5 Å². The molecule has 2 heterocycles. The number of aromatic amines is 1. The predicted molar refractivity (Wildman–Crippen MR) is 132 cm³/mol. The summed E-state index contributed by atoms with van der Waals surface area (Å²) in [5, 5.41) is 5.96. The van der Waals surface area contributed by atoms with Gasteiger partial charge in [0.15, 0.2) is 0 Å². The number of H-pyrrole nitrogens is 1. The first-order valence-corrected chi connectivity index (χ1v) is 11.5. The first-order chi connectivity index (χ1) is 16.2. The second-order valence-corrected chi connectivity index (χ2v) is 9.07. The number of carbonyl (C=O) groups is 1. The van der Waals surface area contributed by atoms with Crippen molar-refractivity contribution in [2.75, 3.05) is 38.0 Å². The maximum Gasteiger partial charge on any atom is 0.256 e. The number of piperazine rings is 1. The van der Waals surface area contributed by atoms with Gasteiger partial charge in [-0.1, -0.05) is 42.5 Å². The molecule has 0 radical (unpaired) electrons. The van der Waals surface area contributed by atoms with Gasteiger partial charge in [0, 0.05) is 66.5 Å². The maximum atomic E-state index is 12.9. The average Bonchev–Trinajstić information content (AvgIpc) is 3.23. The van der Waals surface area contributed by atoms with E-state index in [1.165, 1.54) is 5.56 Å². The molecule has 0 atom stereocenters. The van der Waals surface area contributed by atoms with Gasteiger partial charge >= 0.3 is 0 Å². The van der Waals surface area contributed by atoms with Crippen LogP contribution in [0.1, 0.15) is 16.7 Å². The van der Waals surface area contributed by atoms with Gasteiger partial charge in [-0.25, -0.2) is 0 Å². The number of aromatic nitrogens is 1. The van der Waals surface area contributed by atoms with Gasteiger partial charge < -0.3 is 10.3 Å². The number of rotatable bonds is 5. The third kappa shape index (κ3) is 3.71. The van der Waals surface area contributed by atoms with Crippen LogP contribution in [0.4, 0.5) is 5.69 Å². The Morgan fingerprint density at radius 1 is 0.879 bits per heavy atom. The molecule has 1 amide bonds. The Labute approximate surface area is 191 Å². The molecule has 0 bridgehead atoms. The van der Waals surface area contributed by atoms with Gasteiger partial charge in [-0.2, -0.15) is 0 Å². The zero-order chi connectivity index (χ0) is 22.4. The fourth-order valence-electron chi connectivity index (χ4n) is 5.29. The van der Waals surface area contributed by atoms with Crippen LogP contribution in [0.5, 0.6) is 0 Å². The minimum atomic E-state index is -0.0598. The molecule has 1 aliphatic heterocycles. The van der Waals surface area contributed by atoms with Crippen LogP contribution in [0.3, 0.4) is 0 Å². The summed E-state index contributed by atoms with van der Waals surface area (Å²) in [5.74, 6) is 0.0127. The van der Waals surface area contributed by atoms with Gasteiger partial charge in [0.1, 0.15) is 0 Å². The highest BCUT2D eigenvalue weighted by atomic mass is 16.2. The summed E-state index contributed by atoms with van der Waals surface area (Å²) >= 11 is 0. The minimum absolute atomic E-state index is 0.0127. The van der Waals surface area contributed by atoms with E-state index in [0.717, 1.165) is 77.6 Å². The van der Waals surface area contributed by atoms with Gasteiger partial charge in [0.05, 0.1) is 6.54 Å². The fourth-order valence-corrected chi connectivity index (χ4v) is 5.29. The number of carbonyl (C=O) groups excluding carboxylic acids is 1. The van der Waals surface area contributed by atoms with Crippen molar-refractivity contribution in [1.29, 1.82) is 0 Å². The molecule has 1 fully saturated rings. The van der Waals surface area contributed by atoms with Crippen molar-refractivity contribution >= 4 is 33.3 Å². The SMILES string of the molecule is O=C(CN1CCN(Cc2ccccc2)CC1)Nc1ccc2[nH]c(=O)c3cccc4c3c2c1C4. The topological polar surface area (TPSA) is 68.4 Å². The second-order valence-electron chi connectivity index (χ2n) is 9.07. The largest absolute Gasteiger partial charge is 0.325 e. The summed E-state index contributed by atoms with van der Waals surface area (Å²) in [6.07, 6.45) is 0.731. The molecule has 2 N–H and O–H groups in total. The lowest BCUT2D eigenvalue weighted by molar-refractivity contribution is -0.117. The Kier molecular flexibility index (Phi) is 4.97. The number of nitrogens with zero attached hydrogens (tertiary/aromatic N) is 2. The van der Waals surface area contributed by atoms with Crippen molar-refractivity contribution in [3.05, 3.63) is 87.7 Å². The average molecular weight is 439 g/mol. The van der Waals surface area contributed by atoms with Crippen molar-refractivity contribution in [3.8, 4) is 0 Å². The van der Waals surface area contributed by atoms with Gasteiger partial charge in [0.25, 0.3) is 5.56 Å². The summed E-state index contributed by atoms with van der Waals surface area (Å²) in [7, 11) is 0. The lowest BCUT2D eigenvalue weighted by Crippen LogP contribution is -2.48. The number of pyridine rings is 1. The van der Waals surface area contributed by atoms with Crippen LogP contribution in [0, 0.1) is 0 Å². The number of anilines is 1. The number of hydrogen-bond acceptors (Lipinski definition) is 4. The van der Waals surface area contributed by atoms with Crippen molar-refractivity contribution < 1.29 is 4.79 Å². The van der Waals surface area contributed by atoms with Gasteiger partial charge in [-0.15, -0.1) is 0 Å². The molecule has 33 heavy (non-hydrogen) atoms. The predicted octanol–water partition coefficient (Wildman–Crippen LogP) is 3.34. The molecule has 0 saturated carbocycles. The molecule has 2 aliphatic rings. The van der Waals surface area contributed by atoms with E-state index in [-0.39, 0.29) is 11.5 Å². The van der Waals surface area contributed by atoms with Crippen LogP contribution >= 0.6 is 0 Å². The van der Waals surface area contributed by atoms with Gasteiger partial charge in [-0.3, -0.25) is 19.4 Å². The monoisotopic (exact) mass is 438 g/mol. The van der Waals surface area contributed by atoms with E-state index in [2.05, 4.69) is 50.4 Å². The van der Waals surface area contributed by atoms with Gasteiger partial charge in [-0.05, 0) is 34.9 Å². The molecule has 0 unspecified atom stereocenters. The quantitative estimate of drug-likeness (QED) is 0.413. The summed E-state index contributed by atoms with van der Waals surface area (Å²) in [4.78, 5) is 33.0. The van der Waals surface area contributed by atoms with Crippen molar-refractivity contribution in [3.63, 3.8) is 0 Å². The normalized spacial score (nSPS) is 16.1. The van der Waals surface area contributed by atoms with Crippen LogP contribution in [-0.4, -0.2) is 53.4 Å². The van der Waals surface area contributed by atoms with Crippen molar-refractivity contribution in [2.45, 2.75) is 13.0 Å². The number of benzene rings is 3. The zero-order valence-electron chi connectivity index (χ0n) is 18.4. The minimum Gasteiger partial charge on any atom is -0.325 e. The van der Waals surface area contributed by atoms with E-state index >= 15 is 0 Å². The molecule has 6 heteroatoms. The lowest BCUT2D eigenvalue weighted by Gasteiger charge is -2.34. The molecule has 6 nitrogen and oxygen atoms in total. The number of nitrogens with one attached hydrogen (secondary N) is 2. The molecular formula is C27H26N4O2. The summed E-state index contributed by atoms with van der Waals surface area (Å²) in [6.45, 7) is 5.05. The molecule has 3 aromatic carbocycles. The van der Waals surface area contributed by atoms with Crippen LogP contribution in [-0.2, 0) is 17.8 Å². The summed E-state index contributed by atoms with van der Waals surface area (Å²) < 4.78 is 0. The Morgan fingerprint density at radius 3 is 2.48 bits per heavy atom. The zero-order valence-corrected chi connectivity index (χ0v) is 18.4. The Morgan fingerprint density at radius 2 is 1.67 bits per heavy atom. The molecule has 0 spiro atoms. The highest BCUT2D eigenvalue weighted by Gasteiger charge is 2.24. The summed E-state index contributed by atoms with van der Waals surface area (Å²) in [5.41, 5.74) is 5.19. The molecule has 4 aromatic rings. The number of hydrogen-bond donors (Lipinski definition) is 2. The highest BCUT2D eigenvalue weighted by molar-refractivity contribution is 6.14. The summed E-state index contributed by atoms with van der Waals surface area (Å²) in [6, 6.07) is 20.2. The maximum absolute atomic E-state index is 12.9. The third-order valence-electron chi connectivity index (χ3n) is 6.93. The Balaban J connectivity index is 1.14. The van der Waals surface area contributed by atoms with Crippen molar-refractivity contribution in [1.82, 2.24) is 14.8 Å². The van der Waals surface area contributed by atoms with Gasteiger partial charge in [0.2, 0.25) is 5.91 Å². The van der Waals surface area contributed by atoms with Crippen LogP contribution in [0.25, 0.3) is 21.7 Å². The van der Waals surface area contributed by atoms with E-state index in [1.54, 1.807) is 0 Å². The van der Waals surface area contributed by atoms with E-state index in [9.17, 15) is 9.59 Å². The second kappa shape index (κ2) is 8.14. The number of amides is 1. The molecular weight excluding hydrogens is 412 g/mol. The Bertz CT molecular complexity index is 1420. The molecule has 1 aromatic heterocycles. The standard InChI is InChI=1S/C27H26N4O2/c32-24(17-31-13-11-30(12-14-31)16-18-5-2-1-3-6-18)28-22-9-10-23-26-21(22)15-19-7-4-8-20(25(19)26)27(33)29-23/h1-10H,11-17H2,(H,28,32)(H,29,33). The molecule has 1 aliphatic carbocycles. The third-order valence-corrected chi connectivity index (χ3v) is 6.93. The van der Waals surface area contributed by atoms with E-state index in [4.69, 9.17) is 0 Å². The van der Waals surface area contributed by atoms with Crippen molar-refractivity contribution in [2.24, 2.45) is 0 Å². The van der Waals surface area contributed by atoms with E-state index < -0.39 is 0 Å². The molecule has 166 valence electrons. The molecule has 1 saturated heterocycles. The highest BCUT2D eigenvalue weighted by Crippen LogP contribution is 2.39.